The van der Waals surface area contributed by atoms with Gasteiger partial charge in [0.15, 0.2) is 12.3 Å². The average molecular weight is 622 g/mol. The molecule has 0 bridgehead atoms. The van der Waals surface area contributed by atoms with E-state index < -0.39 is 87.5 Å². The van der Waals surface area contributed by atoms with E-state index in [0.29, 0.717) is 6.92 Å². The van der Waals surface area contributed by atoms with Gasteiger partial charge in [0.05, 0.1) is 0 Å². The van der Waals surface area contributed by atoms with E-state index in [0.717, 1.165) is 0 Å². The molecule has 20 heteroatoms. The molecular weight excluding hydrogens is 599 g/mol. The van der Waals surface area contributed by atoms with Crippen molar-refractivity contribution in [3.8, 4) is 0 Å². The second kappa shape index (κ2) is 11.8. The van der Waals surface area contributed by atoms with Gasteiger partial charge >= 0.3 is 44.8 Å². The molecule has 0 saturated carbocycles. The molecule has 0 saturated heterocycles. The summed E-state index contributed by atoms with van der Waals surface area (Å²) < 4.78 is 242. The first-order chi connectivity index (χ1) is 16.6. The van der Waals surface area contributed by atoms with Gasteiger partial charge in [-0.15, -0.1) is 0 Å². The quantitative estimate of drug-likeness (QED) is 0.139. The maximum Gasteiger partial charge on any atom is 0.384 e. The molecule has 0 aromatic heterocycles. The van der Waals surface area contributed by atoms with Gasteiger partial charge in [-0.25, -0.2) is 22.0 Å². The van der Waals surface area contributed by atoms with Crippen LogP contribution in [0.4, 0.5) is 74.6 Å². The van der Waals surface area contributed by atoms with E-state index in [1.165, 1.54) is 27.7 Å². The lowest BCUT2D eigenvalue weighted by Crippen LogP contribution is -2.73. The second-order valence-electron chi connectivity index (χ2n) is 8.72. The molecule has 0 aliphatic heterocycles. The Bertz CT molecular complexity index is 751. The molecule has 2 nitrogen and oxygen atoms in total. The number of alkyl halides is 17. The zero-order chi connectivity index (χ0) is 31.0. The number of hydrogen-bond donors (Lipinski definition) is 0. The van der Waals surface area contributed by atoms with Gasteiger partial charge in [-0.1, -0.05) is 6.92 Å². The lowest BCUT2D eigenvalue weighted by atomic mass is 9.87. The highest BCUT2D eigenvalue weighted by Gasteiger charge is 2.92. The summed E-state index contributed by atoms with van der Waals surface area (Å²) in [6.45, 7) is 5.18. The van der Waals surface area contributed by atoms with E-state index in [2.05, 4.69) is 0 Å². The minimum atomic E-state index is -8.40. The fourth-order valence-electron chi connectivity index (χ4n) is 2.77. The van der Waals surface area contributed by atoms with Crippen molar-refractivity contribution < 1.29 is 83.5 Å². The van der Waals surface area contributed by atoms with Crippen LogP contribution in [-0.2, 0) is 8.85 Å². The summed E-state index contributed by atoms with van der Waals surface area (Å²) >= 11 is 0. The molecule has 0 N–H and O–H groups in total. The van der Waals surface area contributed by atoms with Crippen LogP contribution >= 0.6 is 0 Å². The zero-order valence-electron chi connectivity index (χ0n) is 19.9. The Hall–Kier alpha value is -1.05. The molecule has 0 radical (unpaired) electrons. The highest BCUT2D eigenvalue weighted by Crippen LogP contribution is 2.62. The monoisotopic (exact) mass is 622 g/mol. The van der Waals surface area contributed by atoms with Gasteiger partial charge in [0.25, 0.3) is 6.43 Å². The molecule has 0 aromatic rings. The summed E-state index contributed by atoms with van der Waals surface area (Å²) in [6.07, 6.45) is -22.2. The van der Waals surface area contributed by atoms with Gasteiger partial charge in [0.2, 0.25) is 6.17 Å². The lowest BCUT2D eigenvalue weighted by Gasteiger charge is -2.43. The van der Waals surface area contributed by atoms with Crippen molar-refractivity contribution >= 4 is 9.28 Å². The first-order valence-electron chi connectivity index (χ1n) is 10.3. The normalized spacial score (nSPS) is 18.5. The zero-order valence-corrected chi connectivity index (χ0v) is 21.0. The smallest absolute Gasteiger partial charge is 0.384 e. The van der Waals surface area contributed by atoms with Crippen LogP contribution in [0.5, 0.6) is 0 Å². The van der Waals surface area contributed by atoms with Crippen molar-refractivity contribution in [2.24, 2.45) is 0 Å². The maximum absolute atomic E-state index is 14.5. The Kier molecular flexibility index (Phi) is 11.5. The predicted molar refractivity (Wildman–Crippen MR) is 99.4 cm³/mol. The number of hydrogen-bond acceptors (Lipinski definition) is 2. The molecule has 0 rings (SSSR count). The van der Waals surface area contributed by atoms with Crippen molar-refractivity contribution in [2.45, 2.75) is 113 Å². The van der Waals surface area contributed by atoms with Crippen LogP contribution in [0.1, 0.15) is 34.6 Å². The SMILES string of the molecule is CC(C)O[SiH](OC(C)C)C(C)C(F)C(F)(F)C(F)(F)C(F)(F)C(F)(F)C(F)(F)C(F)(F)C(F)C(F)C(F)F. The van der Waals surface area contributed by atoms with Crippen LogP contribution in [0, 0.1) is 0 Å². The molecule has 0 aliphatic rings. The summed E-state index contributed by atoms with van der Waals surface area (Å²) in [4.78, 5) is 0. The highest BCUT2D eigenvalue weighted by atomic mass is 28.3. The summed E-state index contributed by atoms with van der Waals surface area (Å²) in [5.41, 5.74) is -2.60. The molecule has 0 spiro atoms. The first kappa shape index (κ1) is 36.9. The first-order valence-corrected chi connectivity index (χ1v) is 12.0. The van der Waals surface area contributed by atoms with Gasteiger partial charge in [-0.3, -0.25) is 0 Å². The summed E-state index contributed by atoms with van der Waals surface area (Å²) in [7, 11) is -3.92. The molecular formula is C18H23F17O2Si. The molecule has 230 valence electrons. The lowest BCUT2D eigenvalue weighted by molar-refractivity contribution is -0.434. The molecule has 0 aromatic carbocycles. The Morgan fingerprint density at radius 3 is 1.03 bits per heavy atom. The van der Waals surface area contributed by atoms with Crippen LogP contribution < -0.4 is 0 Å². The molecule has 0 fully saturated rings. The van der Waals surface area contributed by atoms with Gasteiger partial charge in [0.1, 0.15) is 0 Å². The Morgan fingerprint density at radius 1 is 0.474 bits per heavy atom. The van der Waals surface area contributed by atoms with E-state index in [-0.39, 0.29) is 0 Å². The van der Waals surface area contributed by atoms with Crippen LogP contribution in [0.15, 0.2) is 0 Å². The van der Waals surface area contributed by atoms with Gasteiger partial charge in [-0.05, 0) is 27.7 Å². The van der Waals surface area contributed by atoms with Crippen LogP contribution in [0.3, 0.4) is 0 Å². The molecule has 38 heavy (non-hydrogen) atoms. The van der Waals surface area contributed by atoms with E-state index in [9.17, 15) is 74.6 Å². The van der Waals surface area contributed by atoms with Crippen molar-refractivity contribution in [2.75, 3.05) is 0 Å². The fraction of sp³-hybridized carbons (Fsp3) is 1.00. The van der Waals surface area contributed by atoms with Crippen LogP contribution in [0.25, 0.3) is 0 Å². The number of rotatable bonds is 15. The Morgan fingerprint density at radius 2 is 0.763 bits per heavy atom. The third-order valence-electron chi connectivity index (χ3n) is 4.94. The van der Waals surface area contributed by atoms with Crippen molar-refractivity contribution in [3.63, 3.8) is 0 Å². The van der Waals surface area contributed by atoms with E-state index in [1.807, 2.05) is 0 Å². The van der Waals surface area contributed by atoms with Crippen molar-refractivity contribution in [1.29, 1.82) is 0 Å². The van der Waals surface area contributed by atoms with Gasteiger partial charge in [-0.2, -0.15) is 52.7 Å². The van der Waals surface area contributed by atoms with Crippen molar-refractivity contribution in [3.05, 3.63) is 0 Å². The molecule has 4 atom stereocenters. The minimum Gasteiger partial charge on any atom is -0.394 e. The number of halogens is 17. The summed E-state index contributed by atoms with van der Waals surface area (Å²) in [6, 6.07) is 0. The van der Waals surface area contributed by atoms with E-state index in [1.54, 1.807) is 0 Å². The van der Waals surface area contributed by atoms with Crippen molar-refractivity contribution in [1.82, 2.24) is 0 Å². The molecule has 4 unspecified atom stereocenters. The van der Waals surface area contributed by atoms with Gasteiger partial charge in [0, 0.05) is 17.7 Å². The largest absolute Gasteiger partial charge is 0.394 e. The summed E-state index contributed by atoms with van der Waals surface area (Å²) in [5, 5.41) is 0. The third kappa shape index (κ3) is 6.30. The predicted octanol–water partition coefficient (Wildman–Crippen LogP) is 7.54. The second-order valence-corrected chi connectivity index (χ2v) is 11.1. The third-order valence-corrected chi connectivity index (χ3v) is 7.76. The van der Waals surface area contributed by atoms with E-state index in [4.69, 9.17) is 8.85 Å². The highest BCUT2D eigenvalue weighted by molar-refractivity contribution is 6.46. The standard InChI is InChI=1S/C18H23F17O2Si/c1-6(2)36-38(37-7(3)4)8(5)10(20)13(24,25)15(28,29)17(32,33)18(34,35)16(30,31)14(26,27)11(21)9(19)12(22)23/h6-12,38H,1-5H3. The Balaban J connectivity index is 6.63. The molecule has 0 amide bonds. The summed E-state index contributed by atoms with van der Waals surface area (Å²) in [5.74, 6) is -47.4. The van der Waals surface area contributed by atoms with Crippen LogP contribution in [0.2, 0.25) is 5.54 Å². The van der Waals surface area contributed by atoms with E-state index >= 15 is 0 Å². The average Bonchev–Trinajstić information content (AvgIpc) is 2.74. The topological polar surface area (TPSA) is 18.5 Å². The molecule has 0 aliphatic carbocycles. The fourth-order valence-corrected chi connectivity index (χ4v) is 4.92. The Labute approximate surface area is 206 Å². The maximum atomic E-state index is 14.5. The minimum absolute atomic E-state index is 0.342. The van der Waals surface area contributed by atoms with Gasteiger partial charge < -0.3 is 8.85 Å². The molecule has 0 heterocycles. The van der Waals surface area contributed by atoms with Crippen LogP contribution in [-0.4, -0.2) is 82.0 Å².